The van der Waals surface area contributed by atoms with Gasteiger partial charge in [0.1, 0.15) is 6.10 Å². The number of sulfonamides is 1. The summed E-state index contributed by atoms with van der Waals surface area (Å²) in [4.78, 5) is 36.7. The van der Waals surface area contributed by atoms with E-state index in [1.54, 1.807) is 24.3 Å². The first-order chi connectivity index (χ1) is 18.5. The van der Waals surface area contributed by atoms with Gasteiger partial charge in [-0.15, -0.1) is 0 Å². The molecule has 1 unspecified atom stereocenters. The predicted octanol–water partition coefficient (Wildman–Crippen LogP) is 3.34. The van der Waals surface area contributed by atoms with Gasteiger partial charge in [-0.05, 0) is 44.9 Å². The molecule has 0 fully saturated rings. The Morgan fingerprint density at radius 3 is 2.36 bits per heavy atom. The number of ether oxygens (including phenoxy) is 2. The lowest BCUT2D eigenvalue weighted by Crippen LogP contribution is -2.48. The molecule has 0 radical (unpaired) electrons. The van der Waals surface area contributed by atoms with Crippen LogP contribution >= 0.6 is 0 Å². The summed E-state index contributed by atoms with van der Waals surface area (Å²) in [6.07, 6.45) is -0.721. The summed E-state index contributed by atoms with van der Waals surface area (Å²) in [6, 6.07) is 13.3. The molecule has 0 saturated carbocycles. The second kappa shape index (κ2) is 15.6. The quantitative estimate of drug-likeness (QED) is 0.168. The summed E-state index contributed by atoms with van der Waals surface area (Å²) in [7, 11) is -2.65. The summed E-state index contributed by atoms with van der Waals surface area (Å²) in [5.74, 6) is 0. The molecule has 14 heteroatoms. The first-order valence-corrected chi connectivity index (χ1v) is 13.8. The molecule has 0 saturated heterocycles. The molecule has 13 nitrogen and oxygen atoms in total. The number of amides is 3. The van der Waals surface area contributed by atoms with Crippen molar-refractivity contribution in [3.8, 4) is 0 Å². The first kappa shape index (κ1) is 31.5. The SMILES string of the molecule is COCC(CN(CCCCNS(=O)(=O)c1ccccc1[N+](=O)[O-])C(=O)NC(C)C)OC(=O)Nc1ccccc1. The molecular weight excluding hydrogens is 530 g/mol. The van der Waals surface area contributed by atoms with E-state index in [0.717, 1.165) is 6.07 Å². The van der Waals surface area contributed by atoms with Gasteiger partial charge >= 0.3 is 12.1 Å². The van der Waals surface area contributed by atoms with Gasteiger partial charge in [0.25, 0.3) is 5.69 Å². The Morgan fingerprint density at radius 1 is 1.05 bits per heavy atom. The van der Waals surface area contributed by atoms with Gasteiger partial charge in [-0.3, -0.25) is 15.4 Å². The highest BCUT2D eigenvalue weighted by Gasteiger charge is 2.25. The van der Waals surface area contributed by atoms with E-state index in [-0.39, 0.29) is 38.3 Å². The highest BCUT2D eigenvalue weighted by atomic mass is 32.2. The maximum absolute atomic E-state index is 12.8. The van der Waals surface area contributed by atoms with Gasteiger partial charge in [-0.2, -0.15) is 0 Å². The summed E-state index contributed by atoms with van der Waals surface area (Å²) in [5.41, 5.74) is 0.0402. The van der Waals surface area contributed by atoms with Crippen molar-refractivity contribution < 1.29 is 32.4 Å². The molecule has 0 bridgehead atoms. The standard InChI is InChI=1S/C25H35N5O8S/c1-19(2)27-24(31)29(17-21(18-37-3)38-25(32)28-20-11-5-4-6-12-20)16-10-9-15-26-39(35,36)23-14-8-7-13-22(23)30(33)34/h4-8,11-14,19,21,26H,9-10,15-18H2,1-3H3,(H,27,31)(H,28,32). The molecule has 39 heavy (non-hydrogen) atoms. The van der Waals surface area contributed by atoms with Crippen LogP contribution in [0.1, 0.15) is 26.7 Å². The fourth-order valence-corrected chi connectivity index (χ4v) is 4.78. The molecule has 1 atom stereocenters. The molecule has 3 amide bonds. The van der Waals surface area contributed by atoms with E-state index in [1.807, 2.05) is 19.9 Å². The van der Waals surface area contributed by atoms with Crippen LogP contribution in [0.25, 0.3) is 0 Å². The second-order valence-electron chi connectivity index (χ2n) is 8.85. The van der Waals surface area contributed by atoms with Gasteiger partial charge < -0.3 is 19.7 Å². The molecule has 2 rings (SSSR count). The number of unbranched alkanes of at least 4 members (excludes halogenated alkanes) is 1. The minimum Gasteiger partial charge on any atom is -0.442 e. The van der Waals surface area contributed by atoms with Crippen molar-refractivity contribution in [2.75, 3.05) is 38.7 Å². The van der Waals surface area contributed by atoms with Crippen LogP contribution in [0.15, 0.2) is 59.5 Å². The van der Waals surface area contributed by atoms with Gasteiger partial charge in [-0.1, -0.05) is 30.3 Å². The maximum Gasteiger partial charge on any atom is 0.412 e. The molecule has 0 aliphatic heterocycles. The number of para-hydroxylation sites is 2. The highest BCUT2D eigenvalue weighted by molar-refractivity contribution is 7.89. The number of carbonyl (C=O) groups excluding carboxylic acids is 2. The van der Waals surface area contributed by atoms with Crippen molar-refractivity contribution in [1.82, 2.24) is 14.9 Å². The minimum absolute atomic E-state index is 0.00546. The van der Waals surface area contributed by atoms with Gasteiger partial charge in [0.05, 0.1) is 18.1 Å². The zero-order valence-electron chi connectivity index (χ0n) is 22.2. The van der Waals surface area contributed by atoms with E-state index >= 15 is 0 Å². The Balaban J connectivity index is 1.97. The predicted molar refractivity (Wildman–Crippen MR) is 145 cm³/mol. The smallest absolute Gasteiger partial charge is 0.412 e. The lowest BCUT2D eigenvalue weighted by molar-refractivity contribution is -0.387. The van der Waals surface area contributed by atoms with E-state index in [9.17, 15) is 28.1 Å². The van der Waals surface area contributed by atoms with E-state index in [0.29, 0.717) is 18.5 Å². The van der Waals surface area contributed by atoms with Crippen LogP contribution < -0.4 is 15.4 Å². The number of hydrogen-bond donors (Lipinski definition) is 3. The molecule has 0 heterocycles. The summed E-state index contributed by atoms with van der Waals surface area (Å²) in [6.45, 7) is 3.94. The van der Waals surface area contributed by atoms with Crippen molar-refractivity contribution in [1.29, 1.82) is 0 Å². The van der Waals surface area contributed by atoms with Crippen LogP contribution in [-0.2, 0) is 19.5 Å². The Morgan fingerprint density at radius 2 is 1.72 bits per heavy atom. The number of benzene rings is 2. The van der Waals surface area contributed by atoms with E-state index < -0.39 is 37.7 Å². The fourth-order valence-electron chi connectivity index (χ4n) is 3.54. The van der Waals surface area contributed by atoms with E-state index in [2.05, 4.69) is 15.4 Å². The third-order valence-corrected chi connectivity index (χ3v) is 6.78. The molecule has 0 aliphatic carbocycles. The van der Waals surface area contributed by atoms with Crippen LogP contribution in [0.3, 0.4) is 0 Å². The van der Waals surface area contributed by atoms with Crippen LogP contribution in [-0.4, -0.2) is 75.9 Å². The van der Waals surface area contributed by atoms with E-state index in [1.165, 1.54) is 30.2 Å². The Kier molecular flexibility index (Phi) is 12.6. The maximum atomic E-state index is 12.8. The lowest BCUT2D eigenvalue weighted by atomic mass is 10.2. The molecule has 0 aromatic heterocycles. The number of anilines is 1. The Hall–Kier alpha value is -3.75. The van der Waals surface area contributed by atoms with Crippen LogP contribution in [0.2, 0.25) is 0 Å². The van der Waals surface area contributed by atoms with Crippen molar-refractivity contribution in [3.05, 3.63) is 64.7 Å². The summed E-state index contributed by atoms with van der Waals surface area (Å²) in [5, 5.41) is 16.6. The van der Waals surface area contributed by atoms with Gasteiger partial charge in [0.2, 0.25) is 10.0 Å². The monoisotopic (exact) mass is 565 g/mol. The van der Waals surface area contributed by atoms with E-state index in [4.69, 9.17) is 9.47 Å². The fraction of sp³-hybridized carbons (Fsp3) is 0.440. The topological polar surface area (TPSA) is 169 Å². The summed E-state index contributed by atoms with van der Waals surface area (Å²) < 4.78 is 38.2. The van der Waals surface area contributed by atoms with Crippen molar-refractivity contribution in [3.63, 3.8) is 0 Å². The average molecular weight is 566 g/mol. The number of hydrogen-bond acceptors (Lipinski definition) is 8. The van der Waals surface area contributed by atoms with Gasteiger partial charge in [0.15, 0.2) is 4.90 Å². The third kappa shape index (κ3) is 10.9. The number of methoxy groups -OCH3 is 1. The largest absolute Gasteiger partial charge is 0.442 e. The van der Waals surface area contributed by atoms with Gasteiger partial charge in [-0.25, -0.2) is 22.7 Å². The second-order valence-corrected chi connectivity index (χ2v) is 10.6. The number of nitro groups is 1. The highest BCUT2D eigenvalue weighted by Crippen LogP contribution is 2.22. The zero-order chi connectivity index (χ0) is 28.8. The molecule has 2 aromatic carbocycles. The molecular formula is C25H35N5O8S. The van der Waals surface area contributed by atoms with Crippen LogP contribution in [0.4, 0.5) is 21.0 Å². The molecule has 0 aliphatic rings. The number of rotatable bonds is 15. The van der Waals surface area contributed by atoms with Crippen LogP contribution in [0.5, 0.6) is 0 Å². The average Bonchev–Trinajstić information content (AvgIpc) is 2.88. The molecule has 214 valence electrons. The molecule has 0 spiro atoms. The third-order valence-electron chi connectivity index (χ3n) is 5.27. The number of nitrogens with zero attached hydrogens (tertiary/aromatic N) is 2. The van der Waals surface area contributed by atoms with Crippen molar-refractivity contribution in [2.45, 2.75) is 43.7 Å². The van der Waals surface area contributed by atoms with Crippen molar-refractivity contribution in [2.24, 2.45) is 0 Å². The minimum atomic E-state index is -4.10. The van der Waals surface area contributed by atoms with Gasteiger partial charge in [0, 0.05) is 38.0 Å². The summed E-state index contributed by atoms with van der Waals surface area (Å²) >= 11 is 0. The van der Waals surface area contributed by atoms with Crippen molar-refractivity contribution >= 4 is 33.5 Å². The lowest BCUT2D eigenvalue weighted by Gasteiger charge is -2.28. The molecule has 2 aromatic rings. The zero-order valence-corrected chi connectivity index (χ0v) is 23.0. The number of nitrogens with one attached hydrogen (secondary N) is 3. The number of urea groups is 1. The normalized spacial score (nSPS) is 12.0. The first-order valence-electron chi connectivity index (χ1n) is 12.3. The number of nitro benzene ring substituents is 1. The van der Waals surface area contributed by atoms with Crippen LogP contribution in [0, 0.1) is 10.1 Å². The number of carbonyl (C=O) groups is 2. The Bertz CT molecular complexity index is 1190. The Labute approximate surface area is 228 Å². The molecule has 3 N–H and O–H groups in total.